The van der Waals surface area contributed by atoms with Crippen molar-refractivity contribution in [3.63, 3.8) is 0 Å². The van der Waals surface area contributed by atoms with Crippen LogP contribution in [0.25, 0.3) is 0 Å². The van der Waals surface area contributed by atoms with Crippen LogP contribution in [0.2, 0.25) is 5.15 Å². The summed E-state index contributed by atoms with van der Waals surface area (Å²) in [5, 5.41) is -0.431. The molecule has 2 aromatic heterocycles. The maximum atomic E-state index is 12.6. The number of hydrogen-bond acceptors (Lipinski definition) is 9. The van der Waals surface area contributed by atoms with Gasteiger partial charge in [-0.1, -0.05) is 11.6 Å². The number of carbonyl (C=O) groups excluding carboxylic acids is 1. The lowest BCUT2D eigenvalue weighted by Crippen LogP contribution is -2.31. The Bertz CT molecular complexity index is 1290. The third-order valence-electron chi connectivity index (χ3n) is 4.27. The Morgan fingerprint density at radius 2 is 1.71 bits per heavy atom. The van der Waals surface area contributed by atoms with E-state index in [-0.39, 0.29) is 28.4 Å². The zero-order valence-corrected chi connectivity index (χ0v) is 19.6. The van der Waals surface area contributed by atoms with Crippen LogP contribution in [0.1, 0.15) is 16.9 Å². The number of methoxy groups -OCH3 is 2. The highest BCUT2D eigenvalue weighted by Gasteiger charge is 2.28. The Kier molecular flexibility index (Phi) is 7.70. The van der Waals surface area contributed by atoms with E-state index in [0.717, 1.165) is 23.0 Å². The number of aromatic nitrogens is 4. The van der Waals surface area contributed by atoms with Crippen LogP contribution < -0.4 is 18.9 Å². The second kappa shape index (κ2) is 10.4. The second-order valence-corrected chi connectivity index (χ2v) is 8.73. The first-order valence-electron chi connectivity index (χ1n) is 9.51. The molecule has 16 heteroatoms. The summed E-state index contributed by atoms with van der Waals surface area (Å²) in [5.74, 6) is -0.698. The minimum atomic E-state index is -4.44. The van der Waals surface area contributed by atoms with E-state index in [1.165, 1.54) is 32.4 Å². The fourth-order valence-corrected chi connectivity index (χ4v) is 3.80. The smallest absolute Gasteiger partial charge is 0.390 e. The Hall–Kier alpha value is -3.59. The molecule has 0 saturated heterocycles. The van der Waals surface area contributed by atoms with Crippen LogP contribution in [-0.4, -0.2) is 54.2 Å². The number of aryl methyl sites for hydroxylation is 1. The van der Waals surface area contributed by atoms with E-state index < -0.39 is 45.9 Å². The molecule has 0 fully saturated rings. The normalized spacial score (nSPS) is 11.7. The Morgan fingerprint density at radius 1 is 1.11 bits per heavy atom. The van der Waals surface area contributed by atoms with Gasteiger partial charge >= 0.3 is 12.2 Å². The molecule has 0 aliphatic carbocycles. The number of halogens is 4. The van der Waals surface area contributed by atoms with Crippen LogP contribution in [0.5, 0.6) is 23.5 Å². The monoisotopic (exact) mass is 535 g/mol. The molecule has 0 bridgehead atoms. The van der Waals surface area contributed by atoms with Gasteiger partial charge in [0.2, 0.25) is 11.8 Å². The summed E-state index contributed by atoms with van der Waals surface area (Å²) < 4.78 is 80.5. The summed E-state index contributed by atoms with van der Waals surface area (Å²) in [5.41, 5.74) is -0.540. The molecular weight excluding hydrogens is 519 g/mol. The summed E-state index contributed by atoms with van der Waals surface area (Å²) in [7, 11) is -1.60. The van der Waals surface area contributed by atoms with Gasteiger partial charge in [0.05, 0.1) is 37.9 Å². The van der Waals surface area contributed by atoms with Gasteiger partial charge in [-0.2, -0.15) is 23.1 Å². The summed E-state index contributed by atoms with van der Waals surface area (Å²) in [4.78, 5) is 23.6. The molecule has 35 heavy (non-hydrogen) atoms. The molecule has 0 aliphatic rings. The van der Waals surface area contributed by atoms with Gasteiger partial charge in [-0.15, -0.1) is 0 Å². The van der Waals surface area contributed by atoms with E-state index in [2.05, 4.69) is 15.0 Å². The summed E-state index contributed by atoms with van der Waals surface area (Å²) in [6, 6.07) is 6.16. The lowest BCUT2D eigenvalue weighted by Gasteiger charge is -2.09. The average molecular weight is 536 g/mol. The molecule has 3 rings (SSSR count). The van der Waals surface area contributed by atoms with Gasteiger partial charge in [0.25, 0.3) is 15.9 Å². The van der Waals surface area contributed by atoms with Gasteiger partial charge in [-0.3, -0.25) is 4.79 Å². The van der Waals surface area contributed by atoms with E-state index in [4.69, 9.17) is 25.8 Å². The molecule has 0 aliphatic heterocycles. The Morgan fingerprint density at radius 3 is 2.26 bits per heavy atom. The van der Waals surface area contributed by atoms with Crippen molar-refractivity contribution in [3.05, 3.63) is 47.5 Å². The van der Waals surface area contributed by atoms with Crippen molar-refractivity contribution in [2.75, 3.05) is 14.2 Å². The van der Waals surface area contributed by atoms with Gasteiger partial charge < -0.3 is 18.8 Å². The lowest BCUT2D eigenvalue weighted by molar-refractivity contribution is -0.136. The van der Waals surface area contributed by atoms with Crippen LogP contribution in [0.4, 0.5) is 13.2 Å². The number of rotatable bonds is 9. The van der Waals surface area contributed by atoms with Crippen molar-refractivity contribution in [2.24, 2.45) is 0 Å². The topological polar surface area (TPSA) is 135 Å². The minimum Gasteiger partial charge on any atom is -0.481 e. The maximum absolute atomic E-state index is 12.6. The highest BCUT2D eigenvalue weighted by molar-refractivity contribution is 7.90. The molecular formula is C19H17ClF3N5O6S. The highest BCUT2D eigenvalue weighted by atomic mass is 35.5. The number of ether oxygens (including phenoxy) is 3. The minimum absolute atomic E-state index is 0.124. The molecule has 0 spiro atoms. The number of hydrogen-bond donors (Lipinski definition) is 1. The van der Waals surface area contributed by atoms with Crippen molar-refractivity contribution in [1.82, 2.24) is 24.2 Å². The average Bonchev–Trinajstić information content (AvgIpc) is 3.17. The molecule has 0 atom stereocenters. The number of amides is 1. The van der Waals surface area contributed by atoms with Gasteiger partial charge in [-0.25, -0.2) is 18.1 Å². The molecule has 1 amide bonds. The van der Waals surface area contributed by atoms with Crippen molar-refractivity contribution >= 4 is 27.5 Å². The maximum Gasteiger partial charge on any atom is 0.390 e. The van der Waals surface area contributed by atoms with E-state index in [9.17, 15) is 26.4 Å². The molecule has 0 unspecified atom stereocenters. The SMILES string of the molecule is COc1cc(OC)nc(Oc2ccc(S(=O)(=O)NC(=O)c3ncn(CCC(F)(F)F)c3Cl)cc2)n1. The predicted octanol–water partition coefficient (Wildman–Crippen LogP) is 3.21. The second-order valence-electron chi connectivity index (χ2n) is 6.69. The summed E-state index contributed by atoms with van der Waals surface area (Å²) in [6.45, 7) is -0.584. The number of nitrogens with zero attached hydrogens (tertiary/aromatic N) is 4. The first kappa shape index (κ1) is 26.0. The fourth-order valence-electron chi connectivity index (χ4n) is 2.58. The van der Waals surface area contributed by atoms with Crippen molar-refractivity contribution in [2.45, 2.75) is 24.0 Å². The van der Waals surface area contributed by atoms with Crippen LogP contribution in [-0.2, 0) is 16.6 Å². The van der Waals surface area contributed by atoms with Crippen molar-refractivity contribution in [3.8, 4) is 23.5 Å². The van der Waals surface area contributed by atoms with E-state index >= 15 is 0 Å². The number of nitrogens with one attached hydrogen (secondary N) is 1. The van der Waals surface area contributed by atoms with Crippen LogP contribution >= 0.6 is 11.6 Å². The molecule has 1 aromatic carbocycles. The molecule has 0 saturated carbocycles. The quantitative estimate of drug-likeness (QED) is 0.438. The predicted molar refractivity (Wildman–Crippen MR) is 114 cm³/mol. The highest BCUT2D eigenvalue weighted by Crippen LogP contribution is 2.25. The molecule has 11 nitrogen and oxygen atoms in total. The van der Waals surface area contributed by atoms with Gasteiger partial charge in [0.15, 0.2) is 5.69 Å². The largest absolute Gasteiger partial charge is 0.481 e. The standard InChI is InChI=1S/C19H17ClF3N5O6S/c1-32-13-9-14(33-2)26-18(25-13)34-11-3-5-12(6-4-11)35(30,31)27-17(29)15-16(20)28(10-24-15)8-7-19(21,22)23/h3-6,9-10H,7-8H2,1-2H3,(H,27,29). The number of benzene rings is 1. The molecule has 0 radical (unpaired) electrons. The van der Waals surface area contributed by atoms with E-state index in [1.54, 1.807) is 4.72 Å². The lowest BCUT2D eigenvalue weighted by atomic mass is 10.3. The van der Waals surface area contributed by atoms with Crippen LogP contribution in [0.3, 0.4) is 0 Å². The Balaban J connectivity index is 1.71. The molecule has 2 heterocycles. The number of carbonyl (C=O) groups is 1. The zero-order valence-electron chi connectivity index (χ0n) is 18.0. The number of imidazole rings is 1. The van der Waals surface area contributed by atoms with Crippen LogP contribution in [0, 0.1) is 0 Å². The summed E-state index contributed by atoms with van der Waals surface area (Å²) >= 11 is 5.90. The number of alkyl halides is 3. The molecule has 188 valence electrons. The van der Waals surface area contributed by atoms with Crippen molar-refractivity contribution in [1.29, 1.82) is 0 Å². The first-order chi connectivity index (χ1) is 16.4. The summed E-state index contributed by atoms with van der Waals surface area (Å²) in [6.07, 6.45) is -4.73. The third-order valence-corrected chi connectivity index (χ3v) is 6.02. The molecule has 1 N–H and O–H groups in total. The van der Waals surface area contributed by atoms with Gasteiger partial charge in [0.1, 0.15) is 10.9 Å². The van der Waals surface area contributed by atoms with E-state index in [0.29, 0.717) is 0 Å². The fraction of sp³-hybridized carbons (Fsp3) is 0.263. The van der Waals surface area contributed by atoms with Gasteiger partial charge in [0, 0.05) is 6.54 Å². The third kappa shape index (κ3) is 6.73. The van der Waals surface area contributed by atoms with Crippen LogP contribution in [0.15, 0.2) is 41.6 Å². The van der Waals surface area contributed by atoms with Gasteiger partial charge in [-0.05, 0) is 24.3 Å². The van der Waals surface area contributed by atoms with E-state index in [1.807, 2.05) is 0 Å². The molecule has 3 aromatic rings. The Labute approximate surface area is 201 Å². The van der Waals surface area contributed by atoms with Crippen molar-refractivity contribution < 1.29 is 40.6 Å². The number of sulfonamides is 1. The first-order valence-corrected chi connectivity index (χ1v) is 11.4. The zero-order chi connectivity index (χ0) is 25.8.